The smallest absolute Gasteiger partial charge is 0.319 e. The quantitative estimate of drug-likeness (QED) is 0.576. The zero-order valence-corrected chi connectivity index (χ0v) is 18.3. The van der Waals surface area contributed by atoms with Crippen molar-refractivity contribution in [3.63, 3.8) is 0 Å². The van der Waals surface area contributed by atoms with E-state index < -0.39 is 5.95 Å². The van der Waals surface area contributed by atoms with Gasteiger partial charge in [-0.2, -0.15) is 4.39 Å². The molecule has 1 saturated carbocycles. The number of benzene rings is 1. The first-order valence-electron chi connectivity index (χ1n) is 11.1. The molecule has 33 heavy (non-hydrogen) atoms. The molecule has 3 aromatic rings. The summed E-state index contributed by atoms with van der Waals surface area (Å²) in [7, 11) is 0. The minimum absolute atomic E-state index is 0.164. The van der Waals surface area contributed by atoms with Crippen molar-refractivity contribution in [1.82, 2.24) is 20.3 Å². The summed E-state index contributed by atoms with van der Waals surface area (Å²) in [6.07, 6.45) is 3.54. The SMILES string of the molecule is C[C@H]1COCCN1c1cc(-c2ccc(F)nc2)nc(-c2ccc(NC(=O)NC3CC3)cc2)n1. The van der Waals surface area contributed by atoms with Gasteiger partial charge in [0, 0.05) is 41.7 Å². The van der Waals surface area contributed by atoms with E-state index in [4.69, 9.17) is 14.7 Å². The maximum Gasteiger partial charge on any atom is 0.319 e. The summed E-state index contributed by atoms with van der Waals surface area (Å²) in [5, 5.41) is 5.75. The van der Waals surface area contributed by atoms with Crippen molar-refractivity contribution in [2.45, 2.75) is 31.8 Å². The molecule has 2 amide bonds. The number of rotatable bonds is 5. The minimum Gasteiger partial charge on any atom is -0.377 e. The lowest BCUT2D eigenvalue weighted by molar-refractivity contribution is 0.0985. The number of carbonyl (C=O) groups excluding carboxylic acids is 1. The maximum absolute atomic E-state index is 13.4. The van der Waals surface area contributed by atoms with Crippen LogP contribution >= 0.6 is 0 Å². The molecule has 9 heteroatoms. The number of ether oxygens (including phenoxy) is 1. The van der Waals surface area contributed by atoms with Crippen LogP contribution in [0.4, 0.5) is 20.7 Å². The number of pyridine rings is 1. The van der Waals surface area contributed by atoms with Crippen molar-refractivity contribution in [2.75, 3.05) is 30.0 Å². The molecule has 0 radical (unpaired) electrons. The standard InChI is InChI=1S/C24H25FN6O2/c1-15-14-33-11-10-31(15)22-12-20(17-4-9-21(25)26-13-17)29-23(30-22)16-2-5-18(6-3-16)27-24(32)28-19-7-8-19/h2-6,9,12-13,15,19H,7-8,10-11,14H2,1H3,(H2,27,28,32)/t15-/m0/s1. The maximum atomic E-state index is 13.4. The van der Waals surface area contributed by atoms with Crippen LogP contribution < -0.4 is 15.5 Å². The molecule has 1 aliphatic heterocycles. The monoisotopic (exact) mass is 448 g/mol. The van der Waals surface area contributed by atoms with Crippen molar-refractivity contribution in [2.24, 2.45) is 0 Å². The molecule has 1 aliphatic carbocycles. The van der Waals surface area contributed by atoms with Crippen LogP contribution in [0.3, 0.4) is 0 Å². The average molecular weight is 449 g/mol. The highest BCUT2D eigenvalue weighted by molar-refractivity contribution is 5.89. The van der Waals surface area contributed by atoms with Crippen LogP contribution in [0.15, 0.2) is 48.7 Å². The molecule has 1 saturated heterocycles. The highest BCUT2D eigenvalue weighted by atomic mass is 19.1. The topological polar surface area (TPSA) is 92.3 Å². The minimum atomic E-state index is -0.538. The van der Waals surface area contributed by atoms with Gasteiger partial charge in [-0.25, -0.2) is 19.7 Å². The van der Waals surface area contributed by atoms with Crippen LogP contribution in [0.25, 0.3) is 22.6 Å². The van der Waals surface area contributed by atoms with Crippen molar-refractivity contribution in [3.05, 3.63) is 54.6 Å². The molecule has 170 valence electrons. The van der Waals surface area contributed by atoms with Gasteiger partial charge in [-0.15, -0.1) is 0 Å². The number of aromatic nitrogens is 3. The summed E-state index contributed by atoms with van der Waals surface area (Å²) in [4.78, 5) is 27.5. The van der Waals surface area contributed by atoms with E-state index in [1.54, 1.807) is 6.07 Å². The Kier molecular flexibility index (Phi) is 5.87. The largest absolute Gasteiger partial charge is 0.377 e. The fraction of sp³-hybridized carbons (Fsp3) is 0.333. The van der Waals surface area contributed by atoms with Crippen molar-refractivity contribution >= 4 is 17.5 Å². The fourth-order valence-corrected chi connectivity index (χ4v) is 3.74. The molecule has 1 atom stereocenters. The number of nitrogens with one attached hydrogen (secondary N) is 2. The number of amides is 2. The molecule has 0 unspecified atom stereocenters. The van der Waals surface area contributed by atoms with Gasteiger partial charge in [0.1, 0.15) is 5.82 Å². The second-order valence-corrected chi connectivity index (χ2v) is 8.37. The lowest BCUT2D eigenvalue weighted by Crippen LogP contribution is -2.44. The van der Waals surface area contributed by atoms with Gasteiger partial charge < -0.3 is 20.3 Å². The predicted octanol–water partition coefficient (Wildman–Crippen LogP) is 3.85. The van der Waals surface area contributed by atoms with E-state index in [1.807, 2.05) is 30.3 Å². The number of anilines is 2. The van der Waals surface area contributed by atoms with E-state index in [9.17, 15) is 9.18 Å². The Morgan fingerprint density at radius 3 is 2.61 bits per heavy atom. The number of hydrogen-bond acceptors (Lipinski definition) is 6. The van der Waals surface area contributed by atoms with E-state index in [0.717, 1.165) is 30.8 Å². The zero-order valence-electron chi connectivity index (χ0n) is 18.3. The molecule has 0 spiro atoms. The van der Waals surface area contributed by atoms with Gasteiger partial charge in [-0.3, -0.25) is 0 Å². The summed E-state index contributed by atoms with van der Waals surface area (Å²) in [5.41, 5.74) is 2.87. The first-order chi connectivity index (χ1) is 16.0. The molecule has 2 aromatic heterocycles. The van der Waals surface area contributed by atoms with E-state index in [-0.39, 0.29) is 12.1 Å². The van der Waals surface area contributed by atoms with Gasteiger partial charge in [-0.1, -0.05) is 0 Å². The van der Waals surface area contributed by atoms with Crippen LogP contribution in [-0.2, 0) is 4.74 Å². The number of hydrogen-bond donors (Lipinski definition) is 2. The van der Waals surface area contributed by atoms with E-state index in [0.29, 0.717) is 42.0 Å². The van der Waals surface area contributed by atoms with Gasteiger partial charge in [0.15, 0.2) is 5.82 Å². The Labute approximate surface area is 191 Å². The number of halogens is 1. The normalized spacial score (nSPS) is 18.1. The molecular weight excluding hydrogens is 423 g/mol. The van der Waals surface area contributed by atoms with Crippen LogP contribution in [0.1, 0.15) is 19.8 Å². The van der Waals surface area contributed by atoms with Gasteiger partial charge in [0.2, 0.25) is 5.95 Å². The highest BCUT2D eigenvalue weighted by Gasteiger charge is 2.24. The molecule has 2 N–H and O–H groups in total. The number of carbonyl (C=O) groups is 1. The van der Waals surface area contributed by atoms with Crippen molar-refractivity contribution < 1.29 is 13.9 Å². The predicted molar refractivity (Wildman–Crippen MR) is 123 cm³/mol. The number of urea groups is 1. The highest BCUT2D eigenvalue weighted by Crippen LogP contribution is 2.28. The Bertz CT molecular complexity index is 1130. The third kappa shape index (κ3) is 5.09. The summed E-state index contributed by atoms with van der Waals surface area (Å²) >= 11 is 0. The average Bonchev–Trinajstić information content (AvgIpc) is 3.64. The first-order valence-corrected chi connectivity index (χ1v) is 11.1. The first kappa shape index (κ1) is 21.3. The Morgan fingerprint density at radius 2 is 1.91 bits per heavy atom. The summed E-state index contributed by atoms with van der Waals surface area (Å²) in [6, 6.07) is 12.5. The van der Waals surface area contributed by atoms with Gasteiger partial charge >= 0.3 is 6.03 Å². The van der Waals surface area contributed by atoms with E-state index >= 15 is 0 Å². The molecule has 3 heterocycles. The summed E-state index contributed by atoms with van der Waals surface area (Å²) in [6.45, 7) is 4.06. The second-order valence-electron chi connectivity index (χ2n) is 8.37. The lowest BCUT2D eigenvalue weighted by atomic mass is 10.1. The van der Waals surface area contributed by atoms with E-state index in [2.05, 4.69) is 27.4 Å². The van der Waals surface area contributed by atoms with Crippen molar-refractivity contribution in [3.8, 4) is 22.6 Å². The summed E-state index contributed by atoms with van der Waals surface area (Å²) in [5.74, 6) is 0.782. The van der Waals surface area contributed by atoms with Crippen molar-refractivity contribution in [1.29, 1.82) is 0 Å². The molecule has 8 nitrogen and oxygen atoms in total. The second kappa shape index (κ2) is 9.11. The number of nitrogens with zero attached hydrogens (tertiary/aromatic N) is 4. The molecular formula is C24H25FN6O2. The van der Waals surface area contributed by atoms with Gasteiger partial charge in [-0.05, 0) is 56.2 Å². The lowest BCUT2D eigenvalue weighted by Gasteiger charge is -2.34. The third-order valence-electron chi connectivity index (χ3n) is 5.71. The van der Waals surface area contributed by atoms with Gasteiger partial charge in [0.25, 0.3) is 0 Å². The molecule has 5 rings (SSSR count). The Morgan fingerprint density at radius 1 is 1.12 bits per heavy atom. The Hall–Kier alpha value is -3.59. The number of morpholine rings is 1. The van der Waals surface area contributed by atoms with E-state index in [1.165, 1.54) is 12.3 Å². The third-order valence-corrected chi connectivity index (χ3v) is 5.71. The summed E-state index contributed by atoms with van der Waals surface area (Å²) < 4.78 is 18.9. The van der Waals surface area contributed by atoms with Crippen LogP contribution in [-0.4, -0.2) is 52.8 Å². The zero-order chi connectivity index (χ0) is 22.8. The van der Waals surface area contributed by atoms with Crippen LogP contribution in [0.2, 0.25) is 0 Å². The Balaban J connectivity index is 1.46. The van der Waals surface area contributed by atoms with Crippen LogP contribution in [0.5, 0.6) is 0 Å². The molecule has 1 aromatic carbocycles. The molecule has 0 bridgehead atoms. The molecule has 2 aliphatic rings. The van der Waals surface area contributed by atoms with Gasteiger partial charge in [0.05, 0.1) is 24.9 Å². The molecule has 2 fully saturated rings. The fourth-order valence-electron chi connectivity index (χ4n) is 3.74. The van der Waals surface area contributed by atoms with Crippen LogP contribution in [0, 0.1) is 5.95 Å².